The van der Waals surface area contributed by atoms with E-state index < -0.39 is 0 Å². The maximum atomic E-state index is 6.15. The Hall–Kier alpha value is -1.19. The van der Waals surface area contributed by atoms with Crippen molar-refractivity contribution in [1.82, 2.24) is 9.97 Å². The van der Waals surface area contributed by atoms with Gasteiger partial charge in [-0.05, 0) is 25.5 Å². The third-order valence-electron chi connectivity index (χ3n) is 2.74. The molecule has 17 heavy (non-hydrogen) atoms. The van der Waals surface area contributed by atoms with Crippen molar-refractivity contribution in [3.8, 4) is 11.4 Å². The van der Waals surface area contributed by atoms with Crippen LogP contribution in [-0.4, -0.2) is 9.97 Å². The average molecular weight is 265 g/mol. The fourth-order valence-electron chi connectivity index (χ4n) is 1.71. The number of aromatic nitrogens is 2. The Morgan fingerprint density at radius 1 is 1.35 bits per heavy atom. The molecule has 2 nitrogen and oxygen atoms in total. The normalized spacial score (nSPS) is 10.5. The molecule has 1 N–H and O–H groups in total. The first-order valence-electron chi connectivity index (χ1n) is 5.48. The van der Waals surface area contributed by atoms with Gasteiger partial charge in [-0.1, -0.05) is 42.9 Å². The standard InChI is InChI=1S/C13H13ClN2S/c1-3-11-8(2)13(17)16-12(15-11)9-6-4-5-7-10(9)14/h4-7H,3H2,1-2H3,(H,15,16,17). The summed E-state index contributed by atoms with van der Waals surface area (Å²) in [7, 11) is 0. The molecule has 0 radical (unpaired) electrons. The molecular formula is C13H13ClN2S. The molecule has 0 aliphatic heterocycles. The van der Waals surface area contributed by atoms with E-state index in [1.54, 1.807) is 0 Å². The molecule has 4 heteroatoms. The van der Waals surface area contributed by atoms with Gasteiger partial charge in [-0.15, -0.1) is 0 Å². The van der Waals surface area contributed by atoms with Crippen LogP contribution in [-0.2, 0) is 6.42 Å². The van der Waals surface area contributed by atoms with Crippen LogP contribution in [0.3, 0.4) is 0 Å². The van der Waals surface area contributed by atoms with Gasteiger partial charge < -0.3 is 4.98 Å². The molecule has 0 saturated heterocycles. The van der Waals surface area contributed by atoms with Gasteiger partial charge >= 0.3 is 0 Å². The Bertz CT molecular complexity index is 605. The number of nitrogens with zero attached hydrogens (tertiary/aromatic N) is 1. The van der Waals surface area contributed by atoms with Crippen LogP contribution in [0.2, 0.25) is 5.02 Å². The molecule has 0 aliphatic rings. The van der Waals surface area contributed by atoms with Crippen LogP contribution in [0.25, 0.3) is 11.4 Å². The minimum Gasteiger partial charge on any atom is -0.343 e. The predicted octanol–water partition coefficient (Wildman–Crippen LogP) is 4.33. The van der Waals surface area contributed by atoms with Crippen LogP contribution in [0, 0.1) is 11.6 Å². The highest BCUT2D eigenvalue weighted by Gasteiger charge is 2.08. The van der Waals surface area contributed by atoms with Crippen LogP contribution in [0.5, 0.6) is 0 Å². The summed E-state index contributed by atoms with van der Waals surface area (Å²) in [4.78, 5) is 7.69. The first-order chi connectivity index (χ1) is 8.13. The fraction of sp³-hybridized carbons (Fsp3) is 0.231. The van der Waals surface area contributed by atoms with E-state index in [-0.39, 0.29) is 0 Å². The number of hydrogen-bond acceptors (Lipinski definition) is 2. The number of halogens is 1. The second kappa shape index (κ2) is 4.98. The van der Waals surface area contributed by atoms with Gasteiger partial charge in [0.25, 0.3) is 0 Å². The monoisotopic (exact) mass is 264 g/mol. The number of nitrogens with one attached hydrogen (secondary N) is 1. The molecule has 0 fully saturated rings. The lowest BCUT2D eigenvalue weighted by atomic mass is 10.1. The van der Waals surface area contributed by atoms with Crippen LogP contribution < -0.4 is 0 Å². The zero-order chi connectivity index (χ0) is 12.4. The van der Waals surface area contributed by atoms with Crippen molar-refractivity contribution in [2.24, 2.45) is 0 Å². The summed E-state index contributed by atoms with van der Waals surface area (Å²) in [6, 6.07) is 7.62. The van der Waals surface area contributed by atoms with Crippen LogP contribution in [0.1, 0.15) is 18.2 Å². The van der Waals surface area contributed by atoms with E-state index >= 15 is 0 Å². The first kappa shape index (κ1) is 12.3. The molecule has 0 bridgehead atoms. The Morgan fingerprint density at radius 3 is 2.71 bits per heavy atom. The number of aromatic amines is 1. The molecule has 1 aromatic carbocycles. The Labute approximate surface area is 111 Å². The van der Waals surface area contributed by atoms with E-state index in [1.807, 2.05) is 31.2 Å². The number of H-pyrrole nitrogens is 1. The van der Waals surface area contributed by atoms with E-state index in [2.05, 4.69) is 16.9 Å². The molecule has 2 rings (SSSR count). The van der Waals surface area contributed by atoms with E-state index in [1.165, 1.54) is 0 Å². The summed E-state index contributed by atoms with van der Waals surface area (Å²) in [6.07, 6.45) is 0.898. The lowest BCUT2D eigenvalue weighted by Gasteiger charge is -2.08. The smallest absolute Gasteiger partial charge is 0.140 e. The molecule has 0 atom stereocenters. The second-order valence-electron chi connectivity index (χ2n) is 3.83. The fourth-order valence-corrected chi connectivity index (χ4v) is 2.15. The van der Waals surface area contributed by atoms with Gasteiger partial charge in [0.15, 0.2) is 0 Å². The Balaban J connectivity index is 2.66. The highest BCUT2D eigenvalue weighted by molar-refractivity contribution is 7.71. The van der Waals surface area contributed by atoms with Gasteiger partial charge in [-0.3, -0.25) is 0 Å². The molecule has 0 amide bonds. The minimum atomic E-state index is 0.635. The summed E-state index contributed by atoms with van der Waals surface area (Å²) in [5.41, 5.74) is 3.04. The molecule has 0 saturated carbocycles. The summed E-state index contributed by atoms with van der Waals surface area (Å²) >= 11 is 11.4. The largest absolute Gasteiger partial charge is 0.343 e. The number of rotatable bonds is 2. The third kappa shape index (κ3) is 2.40. The Kier molecular flexibility index (Phi) is 3.60. The zero-order valence-electron chi connectivity index (χ0n) is 9.75. The minimum absolute atomic E-state index is 0.635. The van der Waals surface area contributed by atoms with Crippen LogP contribution in [0.15, 0.2) is 24.3 Å². The molecule has 0 aliphatic carbocycles. The summed E-state index contributed by atoms with van der Waals surface area (Å²) in [5.74, 6) is 0.739. The lowest BCUT2D eigenvalue weighted by Crippen LogP contribution is -1.99. The van der Waals surface area contributed by atoms with E-state index in [9.17, 15) is 0 Å². The van der Waals surface area contributed by atoms with Crippen molar-refractivity contribution in [3.63, 3.8) is 0 Å². The molecule has 0 unspecified atom stereocenters. The highest BCUT2D eigenvalue weighted by atomic mass is 35.5. The molecule has 88 valence electrons. The van der Waals surface area contributed by atoms with Crippen molar-refractivity contribution in [2.75, 3.05) is 0 Å². The van der Waals surface area contributed by atoms with Gasteiger partial charge in [-0.2, -0.15) is 0 Å². The molecule has 0 spiro atoms. The summed E-state index contributed by atoms with van der Waals surface area (Å²) < 4.78 is 0.635. The first-order valence-corrected chi connectivity index (χ1v) is 6.26. The molecule has 1 heterocycles. The van der Waals surface area contributed by atoms with E-state index in [0.717, 1.165) is 29.1 Å². The number of benzene rings is 1. The van der Waals surface area contributed by atoms with Crippen molar-refractivity contribution < 1.29 is 0 Å². The lowest BCUT2D eigenvalue weighted by molar-refractivity contribution is 0.969. The molecule has 2 aromatic rings. The summed E-state index contributed by atoms with van der Waals surface area (Å²) in [6.45, 7) is 4.07. The van der Waals surface area contributed by atoms with Gasteiger partial charge in [0, 0.05) is 16.8 Å². The zero-order valence-corrected chi connectivity index (χ0v) is 11.3. The predicted molar refractivity (Wildman–Crippen MR) is 74.0 cm³/mol. The van der Waals surface area contributed by atoms with Gasteiger partial charge in [-0.25, -0.2) is 4.98 Å². The van der Waals surface area contributed by atoms with Gasteiger partial charge in [0.05, 0.1) is 5.02 Å². The quantitative estimate of drug-likeness (QED) is 0.818. The molecule has 1 aromatic heterocycles. The van der Waals surface area contributed by atoms with Crippen molar-refractivity contribution in [2.45, 2.75) is 20.3 Å². The van der Waals surface area contributed by atoms with Crippen molar-refractivity contribution in [3.05, 3.63) is 45.2 Å². The Morgan fingerprint density at radius 2 is 2.06 bits per heavy atom. The van der Waals surface area contributed by atoms with Crippen molar-refractivity contribution in [1.29, 1.82) is 0 Å². The summed E-state index contributed by atoms with van der Waals surface area (Å²) in [5, 5.41) is 0.677. The maximum absolute atomic E-state index is 6.15. The number of aryl methyl sites for hydroxylation is 1. The van der Waals surface area contributed by atoms with E-state index in [0.29, 0.717) is 9.66 Å². The molecular weight excluding hydrogens is 252 g/mol. The van der Waals surface area contributed by atoms with Crippen LogP contribution in [0.4, 0.5) is 0 Å². The maximum Gasteiger partial charge on any atom is 0.140 e. The second-order valence-corrected chi connectivity index (χ2v) is 4.62. The number of hydrogen-bond donors (Lipinski definition) is 1. The van der Waals surface area contributed by atoms with Crippen LogP contribution >= 0.6 is 23.8 Å². The van der Waals surface area contributed by atoms with Gasteiger partial charge in [0.2, 0.25) is 0 Å². The average Bonchev–Trinajstić information content (AvgIpc) is 2.33. The topological polar surface area (TPSA) is 28.7 Å². The van der Waals surface area contributed by atoms with Gasteiger partial charge in [0.1, 0.15) is 10.5 Å². The van der Waals surface area contributed by atoms with E-state index in [4.69, 9.17) is 23.8 Å². The SMILES string of the molecule is CCc1[nH]c(-c2ccccc2Cl)nc(=S)c1C. The highest BCUT2D eigenvalue weighted by Crippen LogP contribution is 2.25. The van der Waals surface area contributed by atoms with Crippen molar-refractivity contribution >= 4 is 23.8 Å². The third-order valence-corrected chi connectivity index (χ3v) is 3.47.